The third-order valence-corrected chi connectivity index (χ3v) is 4.05. The lowest BCUT2D eigenvalue weighted by molar-refractivity contribution is -0.141. The molecule has 0 aromatic rings. The summed E-state index contributed by atoms with van der Waals surface area (Å²) in [5.74, 6) is -0.163. The van der Waals surface area contributed by atoms with E-state index in [0.717, 1.165) is 18.6 Å². The van der Waals surface area contributed by atoms with Crippen molar-refractivity contribution in [1.82, 2.24) is 10.6 Å². The lowest BCUT2D eigenvalue weighted by Gasteiger charge is -2.19. The Balaban J connectivity index is 2.30. The molecule has 0 aromatic heterocycles. The molecule has 1 fully saturated rings. The van der Waals surface area contributed by atoms with Gasteiger partial charge >= 0.3 is 12.0 Å². The number of aliphatic carboxylic acids is 1. The Morgan fingerprint density at radius 3 is 2.67 bits per heavy atom. The molecule has 0 heterocycles. The molecule has 0 saturated heterocycles. The van der Waals surface area contributed by atoms with Crippen LogP contribution in [0.2, 0.25) is 0 Å². The predicted octanol–water partition coefficient (Wildman–Crippen LogP) is 1.68. The highest BCUT2D eigenvalue weighted by Gasteiger charge is 2.30. The van der Waals surface area contributed by atoms with Gasteiger partial charge in [-0.3, -0.25) is 4.79 Å². The number of carbonyl (C=O) groups excluding carboxylic acids is 1. The third-order valence-electron chi connectivity index (χ3n) is 3.31. The molecule has 1 aliphatic carbocycles. The van der Waals surface area contributed by atoms with Crippen molar-refractivity contribution in [2.75, 3.05) is 12.0 Å². The van der Waals surface area contributed by atoms with Crippen LogP contribution in [0, 0.1) is 5.92 Å². The van der Waals surface area contributed by atoms with E-state index < -0.39 is 5.97 Å². The summed E-state index contributed by atoms with van der Waals surface area (Å²) in [6.45, 7) is 2.04. The molecule has 0 radical (unpaired) electrons. The van der Waals surface area contributed by atoms with E-state index in [-0.39, 0.29) is 24.0 Å². The van der Waals surface area contributed by atoms with Gasteiger partial charge in [0.15, 0.2) is 0 Å². The molecule has 1 rings (SSSR count). The second kappa shape index (κ2) is 7.51. The highest BCUT2D eigenvalue weighted by Crippen LogP contribution is 2.25. The zero-order valence-corrected chi connectivity index (χ0v) is 11.8. The summed E-state index contributed by atoms with van der Waals surface area (Å²) in [7, 11) is 0. The number of hydrogen-bond acceptors (Lipinski definition) is 3. The Morgan fingerprint density at radius 1 is 1.44 bits per heavy atom. The van der Waals surface area contributed by atoms with Gasteiger partial charge in [-0.2, -0.15) is 11.8 Å². The number of carboxylic acid groups (broad SMARTS) is 1. The summed E-state index contributed by atoms with van der Waals surface area (Å²) in [6, 6.07) is 0.00139. The van der Waals surface area contributed by atoms with Crippen molar-refractivity contribution in [1.29, 1.82) is 0 Å². The van der Waals surface area contributed by atoms with Gasteiger partial charge < -0.3 is 15.7 Å². The van der Waals surface area contributed by atoms with E-state index in [9.17, 15) is 9.59 Å². The summed E-state index contributed by atoms with van der Waals surface area (Å²) in [5, 5.41) is 14.7. The molecule has 3 N–H and O–H groups in total. The molecule has 18 heavy (non-hydrogen) atoms. The van der Waals surface area contributed by atoms with Crippen molar-refractivity contribution in [2.45, 2.75) is 44.7 Å². The van der Waals surface area contributed by atoms with Crippen molar-refractivity contribution < 1.29 is 14.7 Å². The summed E-state index contributed by atoms with van der Waals surface area (Å²) in [6.07, 6.45) is 4.86. The topological polar surface area (TPSA) is 78.4 Å². The van der Waals surface area contributed by atoms with Crippen LogP contribution >= 0.6 is 11.8 Å². The van der Waals surface area contributed by atoms with Gasteiger partial charge in [0.05, 0.1) is 5.92 Å². The lowest BCUT2D eigenvalue weighted by atomic mass is 10.1. The van der Waals surface area contributed by atoms with Crippen LogP contribution in [0.1, 0.15) is 32.6 Å². The first-order valence-electron chi connectivity index (χ1n) is 6.35. The molecule has 2 amide bonds. The summed E-state index contributed by atoms with van der Waals surface area (Å²) >= 11 is 1.70. The number of hydrogen-bond donors (Lipinski definition) is 3. The monoisotopic (exact) mass is 274 g/mol. The van der Waals surface area contributed by atoms with Crippen LogP contribution < -0.4 is 10.6 Å². The molecule has 5 nitrogen and oxygen atoms in total. The SMILES string of the molecule is CCC(CSC)NC(=O)N[C@H]1CC[C@@H](C(=O)O)C1. The van der Waals surface area contributed by atoms with Crippen molar-refractivity contribution in [3.8, 4) is 0 Å². The lowest BCUT2D eigenvalue weighted by Crippen LogP contribution is -2.46. The van der Waals surface area contributed by atoms with E-state index in [1.165, 1.54) is 0 Å². The second-order valence-corrected chi connectivity index (χ2v) is 5.63. The summed E-state index contributed by atoms with van der Waals surface area (Å²) in [4.78, 5) is 22.6. The molecular weight excluding hydrogens is 252 g/mol. The van der Waals surface area contributed by atoms with Gasteiger partial charge in [-0.1, -0.05) is 6.92 Å². The van der Waals surface area contributed by atoms with Gasteiger partial charge in [0.1, 0.15) is 0 Å². The van der Waals surface area contributed by atoms with Crippen molar-refractivity contribution in [2.24, 2.45) is 5.92 Å². The van der Waals surface area contributed by atoms with Crippen LogP contribution in [-0.2, 0) is 4.79 Å². The van der Waals surface area contributed by atoms with E-state index in [2.05, 4.69) is 10.6 Å². The highest BCUT2D eigenvalue weighted by atomic mass is 32.2. The summed E-state index contributed by atoms with van der Waals surface area (Å²) in [5.41, 5.74) is 0. The maximum Gasteiger partial charge on any atom is 0.315 e. The number of carboxylic acids is 1. The molecule has 6 heteroatoms. The average molecular weight is 274 g/mol. The van der Waals surface area contributed by atoms with Gasteiger partial charge in [0.25, 0.3) is 0 Å². The summed E-state index contributed by atoms with van der Waals surface area (Å²) < 4.78 is 0. The smallest absolute Gasteiger partial charge is 0.315 e. The maximum absolute atomic E-state index is 11.7. The van der Waals surface area contributed by atoms with E-state index >= 15 is 0 Å². The van der Waals surface area contributed by atoms with Gasteiger partial charge in [-0.05, 0) is 31.9 Å². The van der Waals surface area contributed by atoms with Crippen LogP contribution in [-0.4, -0.2) is 41.2 Å². The number of amides is 2. The Labute approximate surface area is 112 Å². The van der Waals surface area contributed by atoms with Crippen LogP contribution in [0.3, 0.4) is 0 Å². The van der Waals surface area contributed by atoms with Crippen LogP contribution in [0.4, 0.5) is 4.79 Å². The molecule has 0 spiro atoms. The van der Waals surface area contributed by atoms with E-state index in [0.29, 0.717) is 12.8 Å². The molecule has 3 atom stereocenters. The molecule has 1 unspecified atom stereocenters. The number of rotatable bonds is 6. The minimum absolute atomic E-state index is 0.00196. The Kier molecular flexibility index (Phi) is 6.32. The molecule has 0 aromatic carbocycles. The number of nitrogens with one attached hydrogen (secondary N) is 2. The molecular formula is C12H22N2O3S. The minimum Gasteiger partial charge on any atom is -0.481 e. The van der Waals surface area contributed by atoms with Gasteiger partial charge in [0.2, 0.25) is 0 Å². The maximum atomic E-state index is 11.7. The van der Waals surface area contributed by atoms with Crippen molar-refractivity contribution in [3.63, 3.8) is 0 Å². The number of urea groups is 1. The number of carbonyl (C=O) groups is 2. The fourth-order valence-electron chi connectivity index (χ4n) is 2.21. The van der Waals surface area contributed by atoms with Gasteiger partial charge in [0, 0.05) is 17.8 Å². The van der Waals surface area contributed by atoms with Crippen LogP contribution in [0.15, 0.2) is 0 Å². The second-order valence-electron chi connectivity index (χ2n) is 4.72. The zero-order valence-electron chi connectivity index (χ0n) is 10.9. The first-order chi connectivity index (χ1) is 8.56. The molecule has 1 aliphatic rings. The first-order valence-corrected chi connectivity index (χ1v) is 7.75. The predicted molar refractivity (Wildman–Crippen MR) is 72.9 cm³/mol. The Hall–Kier alpha value is -0.910. The van der Waals surface area contributed by atoms with Crippen LogP contribution in [0.5, 0.6) is 0 Å². The standard InChI is InChI=1S/C12H22N2O3S/c1-3-9(7-18-2)13-12(17)14-10-5-4-8(6-10)11(15)16/h8-10H,3-7H2,1-2H3,(H,15,16)(H2,13,14,17)/t8-,9?,10+/m1/s1. The highest BCUT2D eigenvalue weighted by molar-refractivity contribution is 7.98. The van der Waals surface area contributed by atoms with E-state index in [1.807, 2.05) is 13.2 Å². The quantitative estimate of drug-likeness (QED) is 0.688. The fraction of sp³-hybridized carbons (Fsp3) is 0.833. The molecule has 104 valence electrons. The molecule has 0 aliphatic heterocycles. The van der Waals surface area contributed by atoms with E-state index in [1.54, 1.807) is 11.8 Å². The minimum atomic E-state index is -0.756. The normalized spacial score (nSPS) is 24.6. The molecule has 0 bridgehead atoms. The average Bonchev–Trinajstić information content (AvgIpc) is 2.77. The Bertz CT molecular complexity index is 299. The fourth-order valence-corrected chi connectivity index (χ4v) is 2.93. The van der Waals surface area contributed by atoms with Crippen molar-refractivity contribution in [3.05, 3.63) is 0 Å². The number of thioether (sulfide) groups is 1. The Morgan fingerprint density at radius 2 is 2.17 bits per heavy atom. The zero-order chi connectivity index (χ0) is 13.5. The van der Waals surface area contributed by atoms with E-state index in [4.69, 9.17) is 5.11 Å². The van der Waals surface area contributed by atoms with Gasteiger partial charge in [-0.15, -0.1) is 0 Å². The van der Waals surface area contributed by atoms with Gasteiger partial charge in [-0.25, -0.2) is 4.79 Å². The first kappa shape index (κ1) is 15.1. The molecule has 1 saturated carbocycles. The third kappa shape index (κ3) is 4.76. The largest absolute Gasteiger partial charge is 0.481 e. The van der Waals surface area contributed by atoms with Crippen LogP contribution in [0.25, 0.3) is 0 Å². The van der Waals surface area contributed by atoms with Crippen molar-refractivity contribution >= 4 is 23.8 Å².